The first-order valence-corrected chi connectivity index (χ1v) is 17.8. The van der Waals surface area contributed by atoms with E-state index in [1.54, 1.807) is 12.1 Å². The molecule has 1 aliphatic rings. The minimum Gasteiger partial charge on any atom is -0.508 e. The van der Waals surface area contributed by atoms with Crippen molar-refractivity contribution < 1.29 is 54.4 Å². The van der Waals surface area contributed by atoms with Crippen molar-refractivity contribution in [3.05, 3.63) is 71.8 Å². The van der Waals surface area contributed by atoms with E-state index in [0.29, 0.717) is 6.42 Å². The second-order valence-electron chi connectivity index (χ2n) is 12.7. The average Bonchev–Trinajstić information content (AvgIpc) is 3.09. The van der Waals surface area contributed by atoms with Crippen molar-refractivity contribution >= 4 is 11.8 Å². The average molecular weight is 699 g/mol. The molecule has 50 heavy (non-hydrogen) atoms. The highest BCUT2D eigenvalue weighted by Crippen LogP contribution is 2.36. The standard InChI is InChI=1S/C39H54O11/c1-2-3-4-5-6-7-8-9-10-11-12-13-14-15-16-17-34(44)48-26-33-36(45)37(46)38(47)39(50-33)49-32-25-29(41)24-31(43)35(32)30(42)23-20-27-18-21-28(40)22-19-27/h6-7,9-10,18-19,21-22,24-25,33,36-41,43,45-47H,2-5,8,11-17,20,23,26H2,1H3/b7-6-,10-9-/t33-,36-,37+,38-,39-/m1/s1. The molecule has 0 spiro atoms. The Morgan fingerprint density at radius 3 is 2.12 bits per heavy atom. The SMILES string of the molecule is CCCCC/C=C\C/C=C\CCCCCCCC(=O)OC[C@H]1O[C@@H](Oc2cc(O)cc(O)c2C(=O)CCc2ccc(O)cc2)[C@H](O)[C@@H](O)[C@@H]1O. The molecule has 0 aliphatic carbocycles. The summed E-state index contributed by atoms with van der Waals surface area (Å²) in [5.41, 5.74) is 0.478. The molecule has 2 aromatic carbocycles. The molecular formula is C39H54O11. The molecule has 1 fully saturated rings. The van der Waals surface area contributed by atoms with E-state index < -0.39 is 60.6 Å². The number of rotatable bonds is 22. The summed E-state index contributed by atoms with van der Waals surface area (Å²) in [4.78, 5) is 25.5. The molecule has 0 amide bonds. The molecule has 6 N–H and O–H groups in total. The number of hydrogen-bond acceptors (Lipinski definition) is 11. The van der Waals surface area contributed by atoms with Gasteiger partial charge in [0.25, 0.3) is 0 Å². The number of phenols is 3. The highest BCUT2D eigenvalue weighted by atomic mass is 16.7. The summed E-state index contributed by atoms with van der Waals surface area (Å²) < 4.78 is 16.7. The van der Waals surface area contributed by atoms with E-state index in [1.165, 1.54) is 31.4 Å². The number of benzene rings is 2. The lowest BCUT2D eigenvalue weighted by atomic mass is 9.98. The number of esters is 1. The normalized spacial score (nSPS) is 20.8. The number of phenolic OH excluding ortho intramolecular Hbond substituents is 3. The third kappa shape index (κ3) is 13.8. The third-order valence-electron chi connectivity index (χ3n) is 8.57. The highest BCUT2D eigenvalue weighted by molar-refractivity contribution is 6.01. The number of hydrogen-bond donors (Lipinski definition) is 6. The van der Waals surface area contributed by atoms with Crippen molar-refractivity contribution in [2.24, 2.45) is 0 Å². The van der Waals surface area contributed by atoms with E-state index in [2.05, 4.69) is 31.2 Å². The largest absolute Gasteiger partial charge is 0.508 e. The molecule has 1 aliphatic heterocycles. The lowest BCUT2D eigenvalue weighted by Crippen LogP contribution is -2.60. The summed E-state index contributed by atoms with van der Waals surface area (Å²) in [5.74, 6) is -2.28. The number of allylic oxidation sites excluding steroid dienone is 4. The van der Waals surface area contributed by atoms with Crippen LogP contribution in [0.3, 0.4) is 0 Å². The fraction of sp³-hybridized carbons (Fsp3) is 0.538. The summed E-state index contributed by atoms with van der Waals surface area (Å²) in [6.07, 6.45) is 12.8. The van der Waals surface area contributed by atoms with Crippen LogP contribution < -0.4 is 4.74 Å². The number of Topliss-reactive ketones (excluding diaryl/α,β-unsaturated/α-hetero) is 1. The fourth-order valence-corrected chi connectivity index (χ4v) is 5.61. The summed E-state index contributed by atoms with van der Waals surface area (Å²) in [6, 6.07) is 8.30. The number of carbonyl (C=O) groups excluding carboxylic acids is 2. The van der Waals surface area contributed by atoms with E-state index >= 15 is 0 Å². The van der Waals surface area contributed by atoms with E-state index in [1.807, 2.05) is 0 Å². The molecule has 2 aromatic rings. The van der Waals surface area contributed by atoms with Crippen LogP contribution in [-0.2, 0) is 20.7 Å². The number of aliphatic hydroxyl groups excluding tert-OH is 3. The number of carbonyl (C=O) groups is 2. The van der Waals surface area contributed by atoms with E-state index in [0.717, 1.165) is 62.6 Å². The van der Waals surface area contributed by atoms with Gasteiger partial charge in [0.1, 0.15) is 59.6 Å². The first kappa shape index (κ1) is 40.5. The number of aryl methyl sites for hydroxylation is 1. The summed E-state index contributed by atoms with van der Waals surface area (Å²) in [6.45, 7) is 1.78. The van der Waals surface area contributed by atoms with Gasteiger partial charge >= 0.3 is 5.97 Å². The van der Waals surface area contributed by atoms with Crippen molar-refractivity contribution in [2.45, 2.75) is 128 Å². The molecule has 0 aromatic heterocycles. The molecule has 1 saturated heterocycles. The first-order chi connectivity index (χ1) is 24.1. The predicted octanol–water partition coefficient (Wildman–Crippen LogP) is 6.16. The van der Waals surface area contributed by atoms with Crippen molar-refractivity contribution in [2.75, 3.05) is 6.61 Å². The van der Waals surface area contributed by atoms with Gasteiger partial charge in [-0.3, -0.25) is 9.59 Å². The predicted molar refractivity (Wildman–Crippen MR) is 188 cm³/mol. The van der Waals surface area contributed by atoms with Crippen LogP contribution in [0.2, 0.25) is 0 Å². The topological polar surface area (TPSA) is 183 Å². The van der Waals surface area contributed by atoms with Crippen molar-refractivity contribution in [1.29, 1.82) is 0 Å². The Balaban J connectivity index is 1.42. The van der Waals surface area contributed by atoms with Gasteiger partial charge in [-0.1, -0.05) is 75.5 Å². The molecule has 0 bridgehead atoms. The quantitative estimate of drug-likeness (QED) is 0.0358. The Kier molecular flexibility index (Phi) is 17.9. The van der Waals surface area contributed by atoms with Gasteiger partial charge in [0.05, 0.1) is 0 Å². The molecule has 1 heterocycles. The number of ether oxygens (including phenoxy) is 3. The van der Waals surface area contributed by atoms with Crippen molar-refractivity contribution in [1.82, 2.24) is 0 Å². The molecule has 0 unspecified atom stereocenters. The zero-order valence-corrected chi connectivity index (χ0v) is 29.0. The monoisotopic (exact) mass is 698 g/mol. The lowest BCUT2D eigenvalue weighted by molar-refractivity contribution is -0.278. The van der Waals surface area contributed by atoms with Gasteiger partial charge in [0, 0.05) is 25.0 Å². The molecular weight excluding hydrogens is 644 g/mol. The minimum absolute atomic E-state index is 0.0673. The summed E-state index contributed by atoms with van der Waals surface area (Å²) in [7, 11) is 0. The van der Waals surface area contributed by atoms with Gasteiger partial charge in [-0.2, -0.15) is 0 Å². The zero-order valence-electron chi connectivity index (χ0n) is 29.0. The van der Waals surface area contributed by atoms with Crippen LogP contribution in [0.5, 0.6) is 23.0 Å². The number of ketones is 1. The van der Waals surface area contributed by atoms with Crippen LogP contribution >= 0.6 is 0 Å². The van der Waals surface area contributed by atoms with Gasteiger partial charge in [-0.15, -0.1) is 0 Å². The Bertz CT molecular complexity index is 1370. The molecule has 11 nitrogen and oxygen atoms in total. The van der Waals surface area contributed by atoms with Gasteiger partial charge in [0.15, 0.2) is 5.78 Å². The Labute approximate surface area is 294 Å². The highest BCUT2D eigenvalue weighted by Gasteiger charge is 2.46. The maximum absolute atomic E-state index is 13.1. The van der Waals surface area contributed by atoms with Gasteiger partial charge in [-0.25, -0.2) is 0 Å². The number of aliphatic hydroxyl groups is 3. The third-order valence-corrected chi connectivity index (χ3v) is 8.57. The van der Waals surface area contributed by atoms with Crippen LogP contribution in [0.4, 0.5) is 0 Å². The van der Waals surface area contributed by atoms with E-state index in [4.69, 9.17) is 14.2 Å². The summed E-state index contributed by atoms with van der Waals surface area (Å²) >= 11 is 0. The molecule has 0 radical (unpaired) electrons. The summed E-state index contributed by atoms with van der Waals surface area (Å²) in [5, 5.41) is 61.7. The van der Waals surface area contributed by atoms with Gasteiger partial charge in [0.2, 0.25) is 6.29 Å². The van der Waals surface area contributed by atoms with E-state index in [-0.39, 0.29) is 36.3 Å². The Morgan fingerprint density at radius 1 is 0.760 bits per heavy atom. The molecule has 3 rings (SSSR count). The van der Waals surface area contributed by atoms with Gasteiger partial charge < -0.3 is 44.8 Å². The van der Waals surface area contributed by atoms with E-state index in [9.17, 15) is 40.2 Å². The second kappa shape index (κ2) is 22.0. The van der Waals surface area contributed by atoms with Crippen LogP contribution in [0, 0.1) is 0 Å². The second-order valence-corrected chi connectivity index (χ2v) is 12.7. The van der Waals surface area contributed by atoms with Gasteiger partial charge in [-0.05, 0) is 62.6 Å². The van der Waals surface area contributed by atoms with Crippen molar-refractivity contribution in [3.63, 3.8) is 0 Å². The Hall–Kier alpha value is -3.90. The molecule has 276 valence electrons. The van der Waals surface area contributed by atoms with Crippen LogP contribution in [-0.4, -0.2) is 79.7 Å². The van der Waals surface area contributed by atoms with Crippen LogP contribution in [0.15, 0.2) is 60.7 Å². The van der Waals surface area contributed by atoms with Crippen molar-refractivity contribution in [3.8, 4) is 23.0 Å². The van der Waals surface area contributed by atoms with Crippen LogP contribution in [0.25, 0.3) is 0 Å². The Morgan fingerprint density at radius 2 is 1.42 bits per heavy atom. The lowest BCUT2D eigenvalue weighted by Gasteiger charge is -2.40. The molecule has 0 saturated carbocycles. The fourth-order valence-electron chi connectivity index (χ4n) is 5.61. The van der Waals surface area contributed by atoms with Crippen LogP contribution in [0.1, 0.15) is 106 Å². The number of aromatic hydroxyl groups is 3. The molecule has 11 heteroatoms. The smallest absolute Gasteiger partial charge is 0.305 e. The zero-order chi connectivity index (χ0) is 36.3. The minimum atomic E-state index is -1.78. The maximum Gasteiger partial charge on any atom is 0.305 e. The first-order valence-electron chi connectivity index (χ1n) is 17.8. The maximum atomic E-state index is 13.1. The molecule has 5 atom stereocenters. The number of unbranched alkanes of at least 4 members (excludes halogenated alkanes) is 8.